The van der Waals surface area contributed by atoms with Crippen LogP contribution in [0.25, 0.3) is 10.9 Å². The number of halogens is 6. The summed E-state index contributed by atoms with van der Waals surface area (Å²) in [6.07, 6.45) is -10.1. The zero-order valence-corrected chi connectivity index (χ0v) is 17.2. The third kappa shape index (κ3) is 5.41. The number of rotatable bonds is 4. The summed E-state index contributed by atoms with van der Waals surface area (Å²) in [6, 6.07) is 7.36. The monoisotopic (exact) mass is 470 g/mol. The average Bonchev–Trinajstić information content (AvgIpc) is 2.71. The number of aromatic nitrogens is 1. The van der Waals surface area contributed by atoms with Gasteiger partial charge in [-0.25, -0.2) is 4.79 Å². The molecule has 0 fully saturated rings. The Morgan fingerprint density at radius 1 is 0.939 bits per heavy atom. The lowest BCUT2D eigenvalue weighted by Gasteiger charge is -2.15. The Bertz CT molecular complexity index is 1200. The Balaban J connectivity index is 1.80. The highest BCUT2D eigenvalue weighted by Crippen LogP contribution is 2.37. The number of hydrogen-bond donors (Lipinski definition) is 1. The van der Waals surface area contributed by atoms with Crippen LogP contribution in [0.2, 0.25) is 0 Å². The van der Waals surface area contributed by atoms with Crippen LogP contribution in [0.15, 0.2) is 42.5 Å². The summed E-state index contributed by atoms with van der Waals surface area (Å²) in [4.78, 5) is 29.1. The molecule has 1 aromatic heterocycles. The number of carbonyl (C=O) groups excluding carboxylic acids is 2. The highest BCUT2D eigenvalue weighted by Gasteiger charge is 2.37. The van der Waals surface area contributed by atoms with Crippen molar-refractivity contribution in [1.29, 1.82) is 0 Å². The van der Waals surface area contributed by atoms with Crippen LogP contribution in [0.4, 0.5) is 32.0 Å². The third-order valence-corrected chi connectivity index (χ3v) is 4.79. The van der Waals surface area contributed by atoms with Gasteiger partial charge in [0.15, 0.2) is 6.61 Å². The fourth-order valence-corrected chi connectivity index (χ4v) is 3.12. The van der Waals surface area contributed by atoms with Crippen LogP contribution in [0.5, 0.6) is 0 Å². The van der Waals surface area contributed by atoms with Crippen molar-refractivity contribution < 1.29 is 40.7 Å². The van der Waals surface area contributed by atoms with E-state index >= 15 is 0 Å². The standard InChI is InChI=1S/C22H16F6N2O3/c1-11-12(2)29-17-6-4-3-5-16(17)19(11)20(32)33-10-18(31)30-15-8-13(21(23,24)25)7-14(9-15)22(26,27)28/h3-9H,10H2,1-2H3,(H,30,31). The van der Waals surface area contributed by atoms with Gasteiger partial charge < -0.3 is 10.1 Å². The molecule has 0 bridgehead atoms. The van der Waals surface area contributed by atoms with Crippen molar-refractivity contribution in [3.05, 3.63) is 70.4 Å². The van der Waals surface area contributed by atoms with Crippen molar-refractivity contribution in [3.63, 3.8) is 0 Å². The smallest absolute Gasteiger partial charge is 0.416 e. The van der Waals surface area contributed by atoms with Gasteiger partial charge in [0.2, 0.25) is 0 Å². The fraction of sp³-hybridized carbons (Fsp3) is 0.227. The Kier molecular flexibility index (Phi) is 6.35. The largest absolute Gasteiger partial charge is 0.452 e. The first kappa shape index (κ1) is 24.0. The van der Waals surface area contributed by atoms with E-state index in [4.69, 9.17) is 4.74 Å². The molecule has 0 unspecified atom stereocenters. The molecule has 5 nitrogen and oxygen atoms in total. The van der Waals surface area contributed by atoms with E-state index < -0.39 is 47.7 Å². The number of aryl methyl sites for hydroxylation is 1. The summed E-state index contributed by atoms with van der Waals surface area (Å²) in [5.74, 6) is -1.99. The number of esters is 1. The molecule has 0 spiro atoms. The van der Waals surface area contributed by atoms with Crippen molar-refractivity contribution in [3.8, 4) is 0 Å². The second kappa shape index (κ2) is 8.72. The number of alkyl halides is 6. The number of benzene rings is 2. The lowest BCUT2D eigenvalue weighted by molar-refractivity contribution is -0.143. The van der Waals surface area contributed by atoms with E-state index in [1.54, 1.807) is 38.1 Å². The predicted octanol–water partition coefficient (Wildman–Crippen LogP) is 5.68. The minimum Gasteiger partial charge on any atom is -0.452 e. The van der Waals surface area contributed by atoms with Gasteiger partial charge in [-0.05, 0) is 43.7 Å². The normalized spacial score (nSPS) is 12.0. The summed E-state index contributed by atoms with van der Waals surface area (Å²) in [6.45, 7) is 2.38. The summed E-state index contributed by atoms with van der Waals surface area (Å²) in [5, 5.41) is 2.38. The van der Waals surface area contributed by atoms with E-state index in [1.165, 1.54) is 0 Å². The van der Waals surface area contributed by atoms with Gasteiger partial charge in [-0.15, -0.1) is 0 Å². The van der Waals surface area contributed by atoms with Gasteiger partial charge in [0.25, 0.3) is 5.91 Å². The van der Waals surface area contributed by atoms with Crippen molar-refractivity contribution >= 4 is 28.5 Å². The van der Waals surface area contributed by atoms with Gasteiger partial charge >= 0.3 is 18.3 Å². The van der Waals surface area contributed by atoms with Gasteiger partial charge in [0.1, 0.15) is 0 Å². The van der Waals surface area contributed by atoms with Crippen LogP contribution < -0.4 is 5.32 Å². The Morgan fingerprint density at radius 3 is 2.09 bits per heavy atom. The molecule has 33 heavy (non-hydrogen) atoms. The van der Waals surface area contributed by atoms with Crippen LogP contribution in [0.3, 0.4) is 0 Å². The van der Waals surface area contributed by atoms with Gasteiger partial charge in [-0.1, -0.05) is 18.2 Å². The number of fused-ring (bicyclic) bond motifs is 1. The molecule has 0 radical (unpaired) electrons. The van der Waals surface area contributed by atoms with Crippen LogP contribution in [-0.2, 0) is 21.9 Å². The van der Waals surface area contributed by atoms with Crippen LogP contribution in [0.1, 0.15) is 32.7 Å². The molecule has 174 valence electrons. The molecule has 2 aromatic carbocycles. The Hall–Kier alpha value is -3.63. The highest BCUT2D eigenvalue weighted by atomic mass is 19.4. The number of hydrogen-bond acceptors (Lipinski definition) is 4. The van der Waals surface area contributed by atoms with E-state index in [0.717, 1.165) is 0 Å². The number of ether oxygens (including phenoxy) is 1. The average molecular weight is 470 g/mol. The molecule has 0 atom stereocenters. The summed E-state index contributed by atoms with van der Waals surface area (Å²) < 4.78 is 82.7. The van der Waals surface area contributed by atoms with Gasteiger partial charge in [-0.3, -0.25) is 9.78 Å². The first-order valence-corrected chi connectivity index (χ1v) is 9.40. The molecule has 3 rings (SSSR count). The maximum atomic E-state index is 13.0. The number of carbonyl (C=O) groups is 2. The lowest BCUT2D eigenvalue weighted by atomic mass is 10.0. The number of para-hydroxylation sites is 1. The van der Waals surface area contributed by atoms with Crippen molar-refractivity contribution in [2.24, 2.45) is 0 Å². The van der Waals surface area contributed by atoms with Gasteiger partial charge in [-0.2, -0.15) is 26.3 Å². The maximum absolute atomic E-state index is 13.0. The second-order valence-corrected chi connectivity index (χ2v) is 7.13. The van der Waals surface area contributed by atoms with Crippen LogP contribution in [-0.4, -0.2) is 23.5 Å². The van der Waals surface area contributed by atoms with E-state index in [9.17, 15) is 35.9 Å². The molecule has 1 amide bonds. The highest BCUT2D eigenvalue weighted by molar-refractivity contribution is 6.05. The van der Waals surface area contributed by atoms with Crippen LogP contribution >= 0.6 is 0 Å². The molecule has 1 N–H and O–H groups in total. The maximum Gasteiger partial charge on any atom is 0.416 e. The number of nitrogens with zero attached hydrogens (tertiary/aromatic N) is 1. The first-order valence-electron chi connectivity index (χ1n) is 9.40. The molecule has 11 heteroatoms. The van der Waals surface area contributed by atoms with E-state index in [-0.39, 0.29) is 11.6 Å². The minimum atomic E-state index is -5.06. The van der Waals surface area contributed by atoms with Crippen molar-refractivity contribution in [2.45, 2.75) is 26.2 Å². The number of nitrogens with one attached hydrogen (secondary N) is 1. The van der Waals surface area contributed by atoms with E-state index in [2.05, 4.69) is 4.98 Å². The van der Waals surface area contributed by atoms with E-state index in [0.29, 0.717) is 34.3 Å². The predicted molar refractivity (Wildman–Crippen MR) is 107 cm³/mol. The first-order chi connectivity index (χ1) is 15.3. The zero-order chi connectivity index (χ0) is 24.6. The molecule has 3 aromatic rings. The molecule has 0 aliphatic rings. The van der Waals surface area contributed by atoms with E-state index in [1.807, 2.05) is 5.32 Å². The lowest BCUT2D eigenvalue weighted by Crippen LogP contribution is -2.22. The van der Waals surface area contributed by atoms with Crippen molar-refractivity contribution in [2.75, 3.05) is 11.9 Å². The molecule has 0 saturated heterocycles. The molecule has 0 aliphatic heterocycles. The summed E-state index contributed by atoms with van der Waals surface area (Å²) in [5.41, 5.74) is -2.18. The molecular formula is C22H16F6N2O3. The topological polar surface area (TPSA) is 68.3 Å². The number of pyridine rings is 1. The molecule has 0 saturated carbocycles. The third-order valence-electron chi connectivity index (χ3n) is 4.79. The second-order valence-electron chi connectivity index (χ2n) is 7.13. The van der Waals surface area contributed by atoms with Gasteiger partial charge in [0, 0.05) is 16.8 Å². The Labute approximate surface area is 183 Å². The SMILES string of the molecule is Cc1nc2ccccc2c(C(=O)OCC(=O)Nc2cc(C(F)(F)F)cc(C(F)(F)F)c2)c1C. The van der Waals surface area contributed by atoms with Crippen LogP contribution in [0, 0.1) is 13.8 Å². The minimum absolute atomic E-state index is 0.0602. The molecule has 1 heterocycles. The fourth-order valence-electron chi connectivity index (χ4n) is 3.12. The molecular weight excluding hydrogens is 454 g/mol. The summed E-state index contributed by atoms with van der Waals surface area (Å²) in [7, 11) is 0. The number of amides is 1. The van der Waals surface area contributed by atoms with Gasteiger partial charge in [0.05, 0.1) is 22.2 Å². The number of anilines is 1. The quantitative estimate of drug-likeness (QED) is 0.393. The zero-order valence-electron chi connectivity index (χ0n) is 17.2. The Morgan fingerprint density at radius 2 is 1.52 bits per heavy atom. The van der Waals surface area contributed by atoms with Crippen molar-refractivity contribution in [1.82, 2.24) is 4.98 Å². The molecule has 0 aliphatic carbocycles. The summed E-state index contributed by atoms with van der Waals surface area (Å²) >= 11 is 0.